The third-order valence-electron chi connectivity index (χ3n) is 5.68. The summed E-state index contributed by atoms with van der Waals surface area (Å²) in [7, 11) is 3.39. The van der Waals surface area contributed by atoms with Crippen molar-refractivity contribution in [2.75, 3.05) is 20.6 Å². The number of hydrazone groups is 1. The summed E-state index contributed by atoms with van der Waals surface area (Å²) in [5.41, 5.74) is 8.38. The standard InChI is InChI=1S/C21H24FN3OS.C6H8F3N3O/c1-3-4-5-7-25(2)8-6-15-9-18(19(22)10-16(15)12-26)21-23-11-17-13-27-14-20(17)24-21;1-11-12-2-5(10)4(3-13)6(7,8)9/h6,8-12H,3-5,7,13-14H2,1-2H3;2-3,11H,10H2,1H3/b8-6-;5-4-,12-2-. The van der Waals surface area contributed by atoms with E-state index in [2.05, 4.69) is 32.3 Å². The Bertz CT molecular complexity index is 1260. The number of aldehydes is 2. The second-order valence-corrected chi connectivity index (χ2v) is 9.69. The van der Waals surface area contributed by atoms with Gasteiger partial charge in [0.25, 0.3) is 0 Å². The van der Waals surface area contributed by atoms with Gasteiger partial charge < -0.3 is 16.1 Å². The maximum absolute atomic E-state index is 14.6. The van der Waals surface area contributed by atoms with Gasteiger partial charge in [0.2, 0.25) is 0 Å². The van der Waals surface area contributed by atoms with Gasteiger partial charge in [-0.1, -0.05) is 19.8 Å². The number of nitrogens with two attached hydrogens (primary N) is 1. The van der Waals surface area contributed by atoms with Crippen molar-refractivity contribution in [3.63, 3.8) is 0 Å². The predicted molar refractivity (Wildman–Crippen MR) is 150 cm³/mol. The summed E-state index contributed by atoms with van der Waals surface area (Å²) in [6.45, 7) is 3.12. The average molecular weight is 581 g/mol. The Kier molecular flexibility index (Phi) is 12.8. The third kappa shape index (κ3) is 9.47. The van der Waals surface area contributed by atoms with Gasteiger partial charge in [0.1, 0.15) is 11.4 Å². The summed E-state index contributed by atoms with van der Waals surface area (Å²) < 4.78 is 50.4. The van der Waals surface area contributed by atoms with Crippen LogP contribution in [0.25, 0.3) is 17.5 Å². The van der Waals surface area contributed by atoms with Crippen LogP contribution in [0.5, 0.6) is 0 Å². The largest absolute Gasteiger partial charge is 0.421 e. The molecule has 0 unspecified atom stereocenters. The van der Waals surface area contributed by atoms with Gasteiger partial charge in [-0.15, -0.1) is 0 Å². The molecule has 40 heavy (non-hydrogen) atoms. The minimum Gasteiger partial charge on any atom is -0.397 e. The van der Waals surface area contributed by atoms with Crippen molar-refractivity contribution in [2.24, 2.45) is 10.8 Å². The zero-order chi connectivity index (χ0) is 29.7. The van der Waals surface area contributed by atoms with Gasteiger partial charge >= 0.3 is 6.18 Å². The second-order valence-electron chi connectivity index (χ2n) is 8.71. The number of unbranched alkanes of at least 4 members (excludes halogenated alkanes) is 2. The van der Waals surface area contributed by atoms with Crippen LogP contribution >= 0.6 is 11.8 Å². The Morgan fingerprint density at radius 1 is 1.23 bits per heavy atom. The number of thioether (sulfide) groups is 1. The number of carbonyl (C=O) groups excluding carboxylic acids is 2. The van der Waals surface area contributed by atoms with Gasteiger partial charge in [0.15, 0.2) is 18.4 Å². The highest BCUT2D eigenvalue weighted by Gasteiger charge is 2.35. The van der Waals surface area contributed by atoms with Crippen LogP contribution in [0.1, 0.15) is 53.4 Å². The Morgan fingerprint density at radius 3 is 2.60 bits per heavy atom. The summed E-state index contributed by atoms with van der Waals surface area (Å²) in [5, 5.41) is 3.24. The van der Waals surface area contributed by atoms with Gasteiger partial charge in [-0.3, -0.25) is 9.59 Å². The van der Waals surface area contributed by atoms with Gasteiger partial charge in [0.05, 0.1) is 23.2 Å². The Balaban J connectivity index is 0.000000366. The molecule has 1 aliphatic rings. The Labute approximate surface area is 234 Å². The molecule has 0 saturated heterocycles. The SMILES string of the molecule is CCCCCN(C)/C=C\c1cc(-c2ncc3c(n2)CSC3)c(F)cc1C=O.CN/N=C\C(N)=C(/C=O)C(F)(F)F. The highest BCUT2D eigenvalue weighted by molar-refractivity contribution is 7.98. The molecule has 0 amide bonds. The number of hydrogen-bond donors (Lipinski definition) is 2. The maximum Gasteiger partial charge on any atom is 0.421 e. The number of rotatable bonds is 11. The lowest BCUT2D eigenvalue weighted by molar-refractivity contribution is -0.119. The van der Waals surface area contributed by atoms with Crippen LogP contribution < -0.4 is 11.2 Å². The third-order valence-corrected chi connectivity index (χ3v) is 6.67. The molecule has 2 heterocycles. The summed E-state index contributed by atoms with van der Waals surface area (Å²) in [6.07, 6.45) is 5.35. The molecule has 0 radical (unpaired) electrons. The molecule has 1 aromatic carbocycles. The van der Waals surface area contributed by atoms with E-state index >= 15 is 0 Å². The van der Waals surface area contributed by atoms with Crippen molar-refractivity contribution in [3.05, 3.63) is 64.0 Å². The van der Waals surface area contributed by atoms with Crippen LogP contribution in [0.15, 0.2) is 40.9 Å². The summed E-state index contributed by atoms with van der Waals surface area (Å²) in [6, 6.07) is 2.93. The van der Waals surface area contributed by atoms with Gasteiger partial charge in [0, 0.05) is 49.5 Å². The number of halogens is 4. The topological polar surface area (TPSA) is 114 Å². The number of benzene rings is 1. The molecule has 2 aromatic rings. The monoisotopic (exact) mass is 580 g/mol. The Hall–Kier alpha value is -3.74. The van der Waals surface area contributed by atoms with Crippen molar-refractivity contribution in [3.8, 4) is 11.4 Å². The number of alkyl halides is 3. The minimum atomic E-state index is -4.74. The van der Waals surface area contributed by atoms with Crippen LogP contribution in [-0.4, -0.2) is 60.5 Å². The zero-order valence-electron chi connectivity index (χ0n) is 22.5. The molecule has 0 fully saturated rings. The second kappa shape index (κ2) is 15.8. The predicted octanol–water partition coefficient (Wildman–Crippen LogP) is 5.10. The first-order chi connectivity index (χ1) is 19.0. The van der Waals surface area contributed by atoms with E-state index in [-0.39, 0.29) is 6.29 Å². The summed E-state index contributed by atoms with van der Waals surface area (Å²) >= 11 is 1.78. The minimum absolute atomic E-state index is 0.325. The van der Waals surface area contributed by atoms with E-state index in [4.69, 9.17) is 5.73 Å². The molecule has 0 aliphatic carbocycles. The van der Waals surface area contributed by atoms with Gasteiger partial charge in [-0.25, -0.2) is 14.4 Å². The van der Waals surface area contributed by atoms with Gasteiger partial charge in [-0.05, 0) is 36.4 Å². The van der Waals surface area contributed by atoms with Crippen molar-refractivity contribution in [1.82, 2.24) is 20.3 Å². The van der Waals surface area contributed by atoms with Crippen molar-refractivity contribution < 1.29 is 27.2 Å². The molecule has 8 nitrogen and oxygen atoms in total. The van der Waals surface area contributed by atoms with Crippen LogP contribution in [0, 0.1) is 5.82 Å². The average Bonchev–Trinajstić information content (AvgIpc) is 3.39. The smallest absolute Gasteiger partial charge is 0.397 e. The van der Waals surface area contributed by atoms with E-state index in [0.717, 1.165) is 41.9 Å². The molecule has 0 atom stereocenters. The summed E-state index contributed by atoms with van der Waals surface area (Å²) in [4.78, 5) is 32.4. The van der Waals surface area contributed by atoms with Gasteiger partial charge in [-0.2, -0.15) is 30.0 Å². The number of carbonyl (C=O) groups is 2. The first-order valence-electron chi connectivity index (χ1n) is 12.4. The fourth-order valence-electron chi connectivity index (χ4n) is 3.49. The first kappa shape index (κ1) is 32.5. The lowest BCUT2D eigenvalue weighted by atomic mass is 10.0. The molecular weight excluding hydrogens is 548 g/mol. The van der Waals surface area contributed by atoms with Crippen LogP contribution in [0.2, 0.25) is 0 Å². The Morgan fingerprint density at radius 2 is 1.98 bits per heavy atom. The molecule has 1 aliphatic heterocycles. The molecule has 1 aromatic heterocycles. The molecule has 0 spiro atoms. The number of fused-ring (bicyclic) bond motifs is 1. The van der Waals surface area contributed by atoms with Crippen LogP contribution in [-0.2, 0) is 16.3 Å². The van der Waals surface area contributed by atoms with E-state index in [1.165, 1.54) is 26.0 Å². The molecular formula is C27H32F4N6O2S. The number of aromatic nitrogens is 2. The maximum atomic E-state index is 14.6. The van der Waals surface area contributed by atoms with E-state index in [1.54, 1.807) is 24.0 Å². The quantitative estimate of drug-likeness (QED) is 0.0943. The number of nitrogens with one attached hydrogen (secondary N) is 1. The zero-order valence-corrected chi connectivity index (χ0v) is 23.3. The molecule has 0 saturated carbocycles. The van der Waals surface area contributed by atoms with Crippen molar-refractivity contribution in [1.29, 1.82) is 0 Å². The molecule has 13 heteroatoms. The number of hydrogen-bond acceptors (Lipinski definition) is 9. The fourth-order valence-corrected chi connectivity index (χ4v) is 4.50. The van der Waals surface area contributed by atoms with E-state index in [0.29, 0.717) is 28.8 Å². The van der Waals surface area contributed by atoms with E-state index < -0.39 is 23.3 Å². The lowest BCUT2D eigenvalue weighted by Crippen LogP contribution is -2.20. The van der Waals surface area contributed by atoms with Crippen molar-refractivity contribution in [2.45, 2.75) is 43.9 Å². The van der Waals surface area contributed by atoms with E-state index in [1.807, 2.05) is 19.3 Å². The first-order valence-corrected chi connectivity index (χ1v) is 13.5. The normalized spacial score (nSPS) is 13.5. The lowest BCUT2D eigenvalue weighted by Gasteiger charge is -2.14. The number of nitrogens with zero attached hydrogens (tertiary/aromatic N) is 4. The molecule has 3 rings (SSSR count). The van der Waals surface area contributed by atoms with Crippen molar-refractivity contribution >= 4 is 36.6 Å². The fraction of sp³-hybridized carbons (Fsp3) is 0.370. The highest BCUT2D eigenvalue weighted by Crippen LogP contribution is 2.31. The van der Waals surface area contributed by atoms with Crippen LogP contribution in [0.4, 0.5) is 17.6 Å². The van der Waals surface area contributed by atoms with E-state index in [9.17, 15) is 27.2 Å². The summed E-state index contributed by atoms with van der Waals surface area (Å²) in [5.74, 6) is 1.63. The molecule has 3 N–H and O–H groups in total. The molecule has 216 valence electrons. The molecule has 0 bridgehead atoms. The number of allylic oxidation sites excluding steroid dienone is 2. The van der Waals surface area contributed by atoms with Crippen LogP contribution in [0.3, 0.4) is 0 Å². The highest BCUT2D eigenvalue weighted by atomic mass is 32.2.